The molecule has 0 saturated carbocycles. The summed E-state index contributed by atoms with van der Waals surface area (Å²) in [6.07, 6.45) is 5.84. The number of aliphatic hydroxyl groups excluding tert-OH is 1. The summed E-state index contributed by atoms with van der Waals surface area (Å²) in [4.78, 5) is 17.5. The van der Waals surface area contributed by atoms with E-state index in [2.05, 4.69) is 25.3 Å². The zero-order chi connectivity index (χ0) is 15.9. The molecule has 3 heterocycles. The van der Waals surface area contributed by atoms with Crippen molar-refractivity contribution in [3.8, 4) is 22.8 Å². The van der Waals surface area contributed by atoms with E-state index < -0.39 is 0 Å². The van der Waals surface area contributed by atoms with Gasteiger partial charge in [0, 0.05) is 43.4 Å². The number of aliphatic hydroxyl groups is 1. The predicted octanol–water partition coefficient (Wildman–Crippen LogP) is 2.39. The first-order chi connectivity index (χ1) is 11.4. The molecule has 0 aromatic carbocycles. The number of rotatable bonds is 6. The van der Waals surface area contributed by atoms with Crippen LogP contribution in [0.15, 0.2) is 55.0 Å². The van der Waals surface area contributed by atoms with Crippen LogP contribution in [0, 0.1) is 0 Å². The van der Waals surface area contributed by atoms with Gasteiger partial charge in [-0.2, -0.15) is 0 Å². The zero-order valence-corrected chi connectivity index (χ0v) is 12.6. The Bertz CT molecular complexity index is 692. The van der Waals surface area contributed by atoms with Crippen LogP contribution in [-0.2, 0) is 0 Å². The lowest BCUT2D eigenvalue weighted by Gasteiger charge is -2.09. The van der Waals surface area contributed by atoms with E-state index in [0.717, 1.165) is 11.3 Å². The van der Waals surface area contributed by atoms with E-state index in [1.807, 2.05) is 36.4 Å². The third kappa shape index (κ3) is 3.87. The summed E-state index contributed by atoms with van der Waals surface area (Å²) in [6.45, 7) is 0.785. The van der Waals surface area contributed by atoms with Crippen LogP contribution in [0.1, 0.15) is 6.42 Å². The maximum atomic E-state index is 8.92. The van der Waals surface area contributed by atoms with Gasteiger partial charge in [0.15, 0.2) is 5.82 Å². The van der Waals surface area contributed by atoms with Crippen molar-refractivity contribution in [2.75, 3.05) is 18.5 Å². The van der Waals surface area contributed by atoms with Crippen molar-refractivity contribution < 1.29 is 5.11 Å². The summed E-state index contributed by atoms with van der Waals surface area (Å²) in [6, 6.07) is 11.3. The summed E-state index contributed by atoms with van der Waals surface area (Å²) < 4.78 is 0. The molecule has 0 spiro atoms. The molecule has 6 heteroatoms. The molecule has 0 saturated heterocycles. The van der Waals surface area contributed by atoms with Crippen LogP contribution in [0.5, 0.6) is 0 Å². The fourth-order valence-electron chi connectivity index (χ4n) is 2.11. The van der Waals surface area contributed by atoms with Crippen LogP contribution in [0.2, 0.25) is 0 Å². The molecule has 0 aliphatic heterocycles. The second-order valence-corrected chi connectivity index (χ2v) is 4.92. The Morgan fingerprint density at radius 3 is 2.57 bits per heavy atom. The molecule has 0 fully saturated rings. The molecule has 0 radical (unpaired) electrons. The van der Waals surface area contributed by atoms with Crippen molar-refractivity contribution in [1.29, 1.82) is 0 Å². The lowest BCUT2D eigenvalue weighted by molar-refractivity contribution is 0.292. The van der Waals surface area contributed by atoms with Crippen LogP contribution in [0.4, 0.5) is 5.82 Å². The van der Waals surface area contributed by atoms with Crippen LogP contribution in [0.3, 0.4) is 0 Å². The Morgan fingerprint density at radius 1 is 0.957 bits per heavy atom. The van der Waals surface area contributed by atoms with Gasteiger partial charge in [0.1, 0.15) is 11.5 Å². The number of nitrogens with zero attached hydrogens (tertiary/aromatic N) is 4. The molecule has 0 amide bonds. The molecule has 3 rings (SSSR count). The number of pyridine rings is 2. The first-order valence-corrected chi connectivity index (χ1v) is 7.42. The largest absolute Gasteiger partial charge is 0.396 e. The molecular formula is C17H17N5O. The molecule has 0 aliphatic rings. The van der Waals surface area contributed by atoms with Crippen molar-refractivity contribution in [2.45, 2.75) is 6.42 Å². The zero-order valence-electron chi connectivity index (χ0n) is 12.6. The minimum absolute atomic E-state index is 0.141. The molecule has 2 N–H and O–H groups in total. The third-order valence-electron chi connectivity index (χ3n) is 3.24. The highest BCUT2D eigenvalue weighted by Crippen LogP contribution is 2.22. The van der Waals surface area contributed by atoms with Gasteiger partial charge < -0.3 is 10.4 Å². The molecule has 0 atom stereocenters. The van der Waals surface area contributed by atoms with Gasteiger partial charge in [0.25, 0.3) is 0 Å². The molecule has 116 valence electrons. The highest BCUT2D eigenvalue weighted by molar-refractivity contribution is 5.65. The summed E-state index contributed by atoms with van der Waals surface area (Å²) >= 11 is 0. The quantitative estimate of drug-likeness (QED) is 0.680. The maximum Gasteiger partial charge on any atom is 0.180 e. The van der Waals surface area contributed by atoms with Gasteiger partial charge in [0.2, 0.25) is 0 Å². The topological polar surface area (TPSA) is 83.8 Å². The molecule has 23 heavy (non-hydrogen) atoms. The first-order valence-electron chi connectivity index (χ1n) is 7.42. The summed E-state index contributed by atoms with van der Waals surface area (Å²) in [7, 11) is 0. The maximum absolute atomic E-state index is 8.92. The van der Waals surface area contributed by atoms with E-state index in [1.54, 1.807) is 18.6 Å². The van der Waals surface area contributed by atoms with Gasteiger partial charge in [-0.25, -0.2) is 9.97 Å². The Kier molecular flexibility index (Phi) is 4.85. The van der Waals surface area contributed by atoms with Crippen molar-refractivity contribution in [1.82, 2.24) is 19.9 Å². The average Bonchev–Trinajstić information content (AvgIpc) is 2.63. The van der Waals surface area contributed by atoms with Gasteiger partial charge in [-0.1, -0.05) is 6.07 Å². The highest BCUT2D eigenvalue weighted by atomic mass is 16.3. The van der Waals surface area contributed by atoms with Crippen molar-refractivity contribution in [3.05, 3.63) is 55.0 Å². The Balaban J connectivity index is 2.00. The lowest BCUT2D eigenvalue weighted by atomic mass is 10.2. The monoisotopic (exact) mass is 307 g/mol. The third-order valence-corrected chi connectivity index (χ3v) is 3.24. The van der Waals surface area contributed by atoms with E-state index >= 15 is 0 Å². The molecule has 0 bridgehead atoms. The number of anilines is 1. The summed E-state index contributed by atoms with van der Waals surface area (Å²) in [5.41, 5.74) is 2.48. The Hall–Kier alpha value is -2.86. The fraction of sp³-hybridized carbons (Fsp3) is 0.176. The average molecular weight is 307 g/mol. The van der Waals surface area contributed by atoms with Gasteiger partial charge in [-0.05, 0) is 30.7 Å². The van der Waals surface area contributed by atoms with Gasteiger partial charge in [0.05, 0.1) is 5.69 Å². The first kappa shape index (κ1) is 15.1. The van der Waals surface area contributed by atoms with E-state index in [-0.39, 0.29) is 6.61 Å². The van der Waals surface area contributed by atoms with Crippen LogP contribution in [-0.4, -0.2) is 38.2 Å². The predicted molar refractivity (Wildman–Crippen MR) is 88.7 cm³/mol. The van der Waals surface area contributed by atoms with Gasteiger partial charge >= 0.3 is 0 Å². The molecule has 3 aromatic rings. The fourth-order valence-corrected chi connectivity index (χ4v) is 2.11. The smallest absolute Gasteiger partial charge is 0.180 e. The highest BCUT2D eigenvalue weighted by Gasteiger charge is 2.09. The second kappa shape index (κ2) is 7.42. The molecule has 0 unspecified atom stereocenters. The van der Waals surface area contributed by atoms with E-state index in [1.165, 1.54) is 0 Å². The summed E-state index contributed by atoms with van der Waals surface area (Å²) in [5, 5.41) is 12.1. The number of hydrogen-bond acceptors (Lipinski definition) is 6. The minimum Gasteiger partial charge on any atom is -0.396 e. The van der Waals surface area contributed by atoms with Crippen LogP contribution in [0.25, 0.3) is 22.8 Å². The standard InChI is InChI=1S/C17H17N5O/c23-11-3-8-20-16-12-15(13-5-9-18-10-6-13)21-17(22-16)14-4-1-2-7-19-14/h1-2,4-7,9-10,12,23H,3,8,11H2,(H,20,21,22). The van der Waals surface area contributed by atoms with Gasteiger partial charge in [-0.3, -0.25) is 9.97 Å². The molecule has 6 nitrogen and oxygen atoms in total. The van der Waals surface area contributed by atoms with Crippen LogP contribution < -0.4 is 5.32 Å². The molecule has 3 aromatic heterocycles. The molecular weight excluding hydrogens is 290 g/mol. The molecule has 0 aliphatic carbocycles. The number of aromatic nitrogens is 4. The SMILES string of the molecule is OCCCNc1cc(-c2ccncc2)nc(-c2ccccn2)n1. The number of nitrogens with one attached hydrogen (secondary N) is 1. The Morgan fingerprint density at radius 2 is 1.83 bits per heavy atom. The van der Waals surface area contributed by atoms with Crippen molar-refractivity contribution in [3.63, 3.8) is 0 Å². The Labute approximate surface area is 134 Å². The van der Waals surface area contributed by atoms with E-state index in [0.29, 0.717) is 30.3 Å². The lowest BCUT2D eigenvalue weighted by Crippen LogP contribution is -2.07. The van der Waals surface area contributed by atoms with Crippen molar-refractivity contribution >= 4 is 5.82 Å². The normalized spacial score (nSPS) is 10.5. The number of hydrogen-bond donors (Lipinski definition) is 2. The second-order valence-electron chi connectivity index (χ2n) is 4.92. The van der Waals surface area contributed by atoms with E-state index in [9.17, 15) is 0 Å². The van der Waals surface area contributed by atoms with Gasteiger partial charge in [-0.15, -0.1) is 0 Å². The van der Waals surface area contributed by atoms with Crippen LogP contribution >= 0.6 is 0 Å². The van der Waals surface area contributed by atoms with Crippen molar-refractivity contribution in [2.24, 2.45) is 0 Å². The minimum atomic E-state index is 0.141. The van der Waals surface area contributed by atoms with E-state index in [4.69, 9.17) is 5.11 Å². The summed E-state index contributed by atoms with van der Waals surface area (Å²) in [5.74, 6) is 1.27.